The van der Waals surface area contributed by atoms with Crippen LogP contribution in [-0.2, 0) is 19.1 Å². The average Bonchev–Trinajstić information content (AvgIpc) is 2.38. The first-order chi connectivity index (χ1) is 8.77. The van der Waals surface area contributed by atoms with Gasteiger partial charge in [-0.05, 0) is 51.9 Å². The summed E-state index contributed by atoms with van der Waals surface area (Å²) < 4.78 is 11.3. The van der Waals surface area contributed by atoms with Gasteiger partial charge in [0.1, 0.15) is 0 Å². The molecule has 4 aliphatic rings. The van der Waals surface area contributed by atoms with Gasteiger partial charge in [0.15, 0.2) is 0 Å². The molecule has 0 radical (unpaired) electrons. The van der Waals surface area contributed by atoms with Crippen molar-refractivity contribution < 1.29 is 19.1 Å². The highest BCUT2D eigenvalue weighted by Gasteiger charge is 2.55. The molecule has 4 nitrogen and oxygen atoms in total. The molecule has 0 amide bonds. The highest BCUT2D eigenvalue weighted by Crippen LogP contribution is 2.52. The van der Waals surface area contributed by atoms with E-state index in [1.165, 1.54) is 0 Å². The van der Waals surface area contributed by atoms with Crippen molar-refractivity contribution in [3.63, 3.8) is 0 Å². The predicted molar refractivity (Wildman–Crippen MR) is 67.9 cm³/mol. The van der Waals surface area contributed by atoms with Gasteiger partial charge in [0.25, 0.3) is 5.79 Å². The third-order valence-electron chi connectivity index (χ3n) is 4.61. The minimum absolute atomic E-state index is 0.0291. The summed E-state index contributed by atoms with van der Waals surface area (Å²) in [6.07, 6.45) is 4.34. The normalized spacial score (nSPS) is 40.8. The van der Waals surface area contributed by atoms with Crippen molar-refractivity contribution in [2.75, 3.05) is 0 Å². The van der Waals surface area contributed by atoms with Crippen molar-refractivity contribution in [2.45, 2.75) is 58.7 Å². The van der Waals surface area contributed by atoms with Gasteiger partial charge in [-0.3, -0.25) is 9.59 Å². The fourth-order valence-corrected chi connectivity index (χ4v) is 3.83. The molecule has 106 valence electrons. The van der Waals surface area contributed by atoms with E-state index in [1.807, 2.05) is 20.8 Å². The van der Waals surface area contributed by atoms with Crippen LogP contribution >= 0.6 is 0 Å². The molecule has 2 heterocycles. The fourth-order valence-electron chi connectivity index (χ4n) is 3.83. The molecule has 2 unspecified atom stereocenters. The summed E-state index contributed by atoms with van der Waals surface area (Å²) in [5, 5.41) is 0. The molecular formula is C15H22O4. The van der Waals surface area contributed by atoms with Crippen LogP contribution in [0.3, 0.4) is 0 Å². The Labute approximate surface area is 113 Å². The summed E-state index contributed by atoms with van der Waals surface area (Å²) >= 11 is 0. The summed E-state index contributed by atoms with van der Waals surface area (Å²) in [5.41, 5.74) is -0.566. The average molecular weight is 266 g/mol. The van der Waals surface area contributed by atoms with Gasteiger partial charge in [0.2, 0.25) is 0 Å². The monoisotopic (exact) mass is 266 g/mol. The van der Waals surface area contributed by atoms with E-state index in [-0.39, 0.29) is 17.9 Å². The molecule has 0 spiro atoms. The SMILES string of the molecule is CC(C)(C)C(=O)OC12CC3CC(CC(C3)C(=O)O1)C2. The van der Waals surface area contributed by atoms with Crippen molar-refractivity contribution in [1.29, 1.82) is 0 Å². The standard InChI is InChI=1S/C15H22O4/c1-14(2,3)13(17)19-15-7-9-4-10(8-15)6-11(5-9)12(16)18-15/h9-11H,4-8H2,1-3H3. The molecule has 2 atom stereocenters. The number of fused-ring (bicyclic) bond motifs is 1. The number of esters is 2. The van der Waals surface area contributed by atoms with Gasteiger partial charge in [0.05, 0.1) is 11.3 Å². The van der Waals surface area contributed by atoms with E-state index in [0.29, 0.717) is 24.7 Å². The van der Waals surface area contributed by atoms with Crippen LogP contribution in [0, 0.1) is 23.2 Å². The first-order valence-electron chi connectivity index (χ1n) is 7.24. The Morgan fingerprint density at radius 2 is 1.79 bits per heavy atom. The second-order valence-corrected chi connectivity index (χ2v) is 7.52. The van der Waals surface area contributed by atoms with E-state index in [2.05, 4.69) is 0 Å². The predicted octanol–water partition coefficient (Wildman–Crippen LogP) is 2.66. The zero-order valence-electron chi connectivity index (χ0n) is 11.9. The van der Waals surface area contributed by atoms with Gasteiger partial charge in [0, 0.05) is 12.8 Å². The molecule has 19 heavy (non-hydrogen) atoms. The number of hydrogen-bond acceptors (Lipinski definition) is 4. The zero-order valence-corrected chi connectivity index (χ0v) is 11.9. The molecule has 0 aromatic heterocycles. The van der Waals surface area contributed by atoms with Crippen LogP contribution in [0.1, 0.15) is 52.9 Å². The van der Waals surface area contributed by atoms with Crippen molar-refractivity contribution in [3.05, 3.63) is 0 Å². The molecule has 2 saturated heterocycles. The quantitative estimate of drug-likeness (QED) is 0.685. The van der Waals surface area contributed by atoms with Crippen molar-refractivity contribution >= 4 is 11.9 Å². The lowest BCUT2D eigenvalue weighted by atomic mass is 9.67. The Hall–Kier alpha value is -1.06. The van der Waals surface area contributed by atoms with E-state index in [1.54, 1.807) is 0 Å². The van der Waals surface area contributed by atoms with Crippen LogP contribution in [0.2, 0.25) is 0 Å². The summed E-state index contributed by atoms with van der Waals surface area (Å²) in [4.78, 5) is 24.2. The molecule has 0 aromatic rings. The Morgan fingerprint density at radius 1 is 1.21 bits per heavy atom. The molecule has 4 fully saturated rings. The lowest BCUT2D eigenvalue weighted by Gasteiger charge is -2.42. The number of carbonyl (C=O) groups is 2. The Balaban J connectivity index is 1.86. The zero-order chi connectivity index (χ0) is 13.8. The van der Waals surface area contributed by atoms with E-state index in [0.717, 1.165) is 19.3 Å². The van der Waals surface area contributed by atoms with E-state index in [4.69, 9.17) is 9.47 Å². The second kappa shape index (κ2) is 3.97. The topological polar surface area (TPSA) is 52.6 Å². The van der Waals surface area contributed by atoms with Crippen molar-refractivity contribution in [3.8, 4) is 0 Å². The third-order valence-corrected chi connectivity index (χ3v) is 4.61. The first kappa shape index (κ1) is 12.9. The Bertz CT molecular complexity index is 406. The van der Waals surface area contributed by atoms with Crippen LogP contribution < -0.4 is 0 Å². The molecule has 4 bridgehead atoms. The molecule has 2 saturated carbocycles. The van der Waals surface area contributed by atoms with Gasteiger partial charge in [-0.25, -0.2) is 0 Å². The Morgan fingerprint density at radius 3 is 2.32 bits per heavy atom. The third kappa shape index (κ3) is 2.26. The maximum absolute atomic E-state index is 12.2. The lowest BCUT2D eigenvalue weighted by molar-refractivity contribution is -0.245. The maximum atomic E-state index is 12.2. The van der Waals surface area contributed by atoms with Crippen molar-refractivity contribution in [1.82, 2.24) is 0 Å². The van der Waals surface area contributed by atoms with Crippen LogP contribution in [-0.4, -0.2) is 17.7 Å². The maximum Gasteiger partial charge on any atom is 0.314 e. The molecule has 0 aromatic carbocycles. The highest BCUT2D eigenvalue weighted by atomic mass is 16.7. The Kier molecular flexibility index (Phi) is 2.70. The molecule has 2 aliphatic heterocycles. The minimum Gasteiger partial charge on any atom is -0.422 e. The molecule has 4 rings (SSSR count). The smallest absolute Gasteiger partial charge is 0.314 e. The number of ether oxygens (including phenoxy) is 2. The van der Waals surface area contributed by atoms with Gasteiger partial charge in [-0.2, -0.15) is 0 Å². The second-order valence-electron chi connectivity index (χ2n) is 7.52. The van der Waals surface area contributed by atoms with Crippen molar-refractivity contribution in [2.24, 2.45) is 23.2 Å². The number of hydrogen-bond donors (Lipinski definition) is 0. The van der Waals surface area contributed by atoms with E-state index >= 15 is 0 Å². The van der Waals surface area contributed by atoms with Crippen LogP contribution in [0.15, 0.2) is 0 Å². The summed E-state index contributed by atoms with van der Waals surface area (Å²) in [6.45, 7) is 5.47. The molecular weight excluding hydrogens is 244 g/mol. The van der Waals surface area contributed by atoms with E-state index < -0.39 is 11.2 Å². The van der Waals surface area contributed by atoms with Gasteiger partial charge >= 0.3 is 11.9 Å². The van der Waals surface area contributed by atoms with Gasteiger partial charge in [-0.1, -0.05) is 0 Å². The van der Waals surface area contributed by atoms with Gasteiger partial charge in [-0.15, -0.1) is 0 Å². The summed E-state index contributed by atoms with van der Waals surface area (Å²) in [6, 6.07) is 0. The summed E-state index contributed by atoms with van der Waals surface area (Å²) in [7, 11) is 0. The fraction of sp³-hybridized carbons (Fsp3) is 0.867. The van der Waals surface area contributed by atoms with Crippen LogP contribution in [0.5, 0.6) is 0 Å². The molecule has 4 heteroatoms. The van der Waals surface area contributed by atoms with Crippen LogP contribution in [0.25, 0.3) is 0 Å². The number of rotatable bonds is 1. The number of carbonyl (C=O) groups excluding carboxylic acids is 2. The summed E-state index contributed by atoms with van der Waals surface area (Å²) in [5.74, 6) is -0.443. The molecule has 0 N–H and O–H groups in total. The first-order valence-corrected chi connectivity index (χ1v) is 7.24. The van der Waals surface area contributed by atoms with E-state index in [9.17, 15) is 9.59 Å². The van der Waals surface area contributed by atoms with Gasteiger partial charge < -0.3 is 9.47 Å². The highest BCUT2D eigenvalue weighted by molar-refractivity contribution is 5.77. The minimum atomic E-state index is -0.972. The molecule has 2 aliphatic carbocycles. The lowest BCUT2D eigenvalue weighted by Crippen LogP contribution is -2.46. The largest absolute Gasteiger partial charge is 0.422 e. The van der Waals surface area contributed by atoms with Crippen LogP contribution in [0.4, 0.5) is 0 Å².